The highest BCUT2D eigenvalue weighted by atomic mass is 79.9. The van der Waals surface area contributed by atoms with Gasteiger partial charge in [0.05, 0.1) is 10.0 Å². The van der Waals surface area contributed by atoms with Gasteiger partial charge >= 0.3 is 0 Å². The van der Waals surface area contributed by atoms with Crippen molar-refractivity contribution in [2.24, 2.45) is 5.41 Å². The van der Waals surface area contributed by atoms with E-state index in [9.17, 15) is 4.79 Å². The summed E-state index contributed by atoms with van der Waals surface area (Å²) in [5.41, 5.74) is 7.18. The minimum absolute atomic E-state index is 0.0654. The lowest BCUT2D eigenvalue weighted by Crippen LogP contribution is -2.43. The van der Waals surface area contributed by atoms with Crippen LogP contribution in [0.3, 0.4) is 0 Å². The Balaban J connectivity index is 1.97. The number of rotatable bonds is 3. The summed E-state index contributed by atoms with van der Waals surface area (Å²) in [6, 6.07) is 5.36. The predicted octanol–water partition coefficient (Wildman–Crippen LogP) is 2.49. The molecule has 110 valence electrons. The number of anilines is 1. The quantitative estimate of drug-likeness (QED) is 0.832. The molecule has 1 aromatic rings. The summed E-state index contributed by atoms with van der Waals surface area (Å²) < 4.78 is 0.672. The van der Waals surface area contributed by atoms with E-state index in [4.69, 9.17) is 5.73 Å². The van der Waals surface area contributed by atoms with Crippen molar-refractivity contribution < 1.29 is 4.79 Å². The first kappa shape index (κ1) is 15.3. The van der Waals surface area contributed by atoms with E-state index < -0.39 is 0 Å². The van der Waals surface area contributed by atoms with Crippen molar-refractivity contribution in [2.75, 3.05) is 32.4 Å². The maximum absolute atomic E-state index is 12.3. The van der Waals surface area contributed by atoms with E-state index in [1.807, 2.05) is 0 Å². The summed E-state index contributed by atoms with van der Waals surface area (Å²) >= 11 is 3.38. The SMILES string of the molecule is CN1CCC(C)(CNC(=O)c2cccc(N)c2Br)CC1. The number of carbonyl (C=O) groups is 1. The van der Waals surface area contributed by atoms with Crippen LogP contribution in [0, 0.1) is 5.41 Å². The molecular formula is C15H22BrN3O. The van der Waals surface area contributed by atoms with Gasteiger partial charge in [0, 0.05) is 12.2 Å². The summed E-state index contributed by atoms with van der Waals surface area (Å²) in [6.07, 6.45) is 2.23. The van der Waals surface area contributed by atoms with E-state index in [1.54, 1.807) is 18.2 Å². The molecule has 20 heavy (non-hydrogen) atoms. The second-order valence-electron chi connectivity index (χ2n) is 6.01. The highest BCUT2D eigenvalue weighted by molar-refractivity contribution is 9.10. The first-order valence-electron chi connectivity index (χ1n) is 6.92. The number of nitrogens with one attached hydrogen (secondary N) is 1. The third kappa shape index (κ3) is 3.52. The molecule has 0 aliphatic carbocycles. The summed E-state index contributed by atoms with van der Waals surface area (Å²) in [5, 5.41) is 3.05. The summed E-state index contributed by atoms with van der Waals surface area (Å²) in [5.74, 6) is -0.0654. The highest BCUT2D eigenvalue weighted by Gasteiger charge is 2.29. The van der Waals surface area contributed by atoms with Gasteiger partial charge in [-0.3, -0.25) is 4.79 Å². The summed E-state index contributed by atoms with van der Waals surface area (Å²) in [4.78, 5) is 14.6. The lowest BCUT2D eigenvalue weighted by molar-refractivity contribution is 0.0891. The van der Waals surface area contributed by atoms with Crippen LogP contribution in [-0.4, -0.2) is 37.5 Å². The van der Waals surface area contributed by atoms with Crippen molar-refractivity contribution in [1.82, 2.24) is 10.2 Å². The zero-order valence-corrected chi connectivity index (χ0v) is 13.7. The zero-order valence-electron chi connectivity index (χ0n) is 12.1. The molecule has 0 saturated carbocycles. The number of carbonyl (C=O) groups excluding carboxylic acids is 1. The molecule has 1 fully saturated rings. The van der Waals surface area contributed by atoms with E-state index in [1.165, 1.54) is 0 Å². The topological polar surface area (TPSA) is 58.4 Å². The number of amides is 1. The molecule has 1 aliphatic rings. The fourth-order valence-corrected chi connectivity index (χ4v) is 2.89. The minimum Gasteiger partial charge on any atom is -0.398 e. The third-order valence-electron chi connectivity index (χ3n) is 4.14. The molecule has 0 bridgehead atoms. The van der Waals surface area contributed by atoms with Crippen molar-refractivity contribution >= 4 is 27.5 Å². The third-order valence-corrected chi connectivity index (χ3v) is 5.03. The number of likely N-dealkylation sites (tertiary alicyclic amines) is 1. The fraction of sp³-hybridized carbons (Fsp3) is 0.533. The van der Waals surface area contributed by atoms with E-state index in [0.717, 1.165) is 25.9 Å². The van der Waals surface area contributed by atoms with Crippen LogP contribution in [0.25, 0.3) is 0 Å². The van der Waals surface area contributed by atoms with Gasteiger partial charge < -0.3 is 16.0 Å². The van der Waals surface area contributed by atoms with Crippen molar-refractivity contribution in [2.45, 2.75) is 19.8 Å². The normalized spacial score (nSPS) is 18.8. The van der Waals surface area contributed by atoms with E-state index in [2.05, 4.69) is 40.1 Å². The predicted molar refractivity (Wildman–Crippen MR) is 85.7 cm³/mol. The molecule has 1 aromatic carbocycles. The van der Waals surface area contributed by atoms with Crippen LogP contribution < -0.4 is 11.1 Å². The van der Waals surface area contributed by atoms with Gasteiger partial charge in [-0.2, -0.15) is 0 Å². The van der Waals surface area contributed by atoms with Crippen molar-refractivity contribution in [1.29, 1.82) is 0 Å². The number of nitrogen functional groups attached to an aromatic ring is 1. The van der Waals surface area contributed by atoms with Crippen LogP contribution in [0.4, 0.5) is 5.69 Å². The van der Waals surface area contributed by atoms with Gasteiger partial charge in [0.2, 0.25) is 0 Å². The van der Waals surface area contributed by atoms with Gasteiger partial charge in [0.25, 0.3) is 5.91 Å². The Labute approximate surface area is 128 Å². The fourth-order valence-electron chi connectivity index (χ4n) is 2.45. The molecule has 0 spiro atoms. The van der Waals surface area contributed by atoms with Crippen molar-refractivity contribution in [3.05, 3.63) is 28.2 Å². The Morgan fingerprint density at radius 3 is 2.75 bits per heavy atom. The molecule has 1 heterocycles. The first-order valence-corrected chi connectivity index (χ1v) is 7.71. The largest absolute Gasteiger partial charge is 0.398 e. The molecule has 5 heteroatoms. The van der Waals surface area contributed by atoms with Crippen molar-refractivity contribution in [3.63, 3.8) is 0 Å². The summed E-state index contributed by atoms with van der Waals surface area (Å²) in [7, 11) is 2.14. The molecule has 0 radical (unpaired) electrons. The van der Waals surface area contributed by atoms with E-state index in [0.29, 0.717) is 22.3 Å². The Hall–Kier alpha value is -1.07. The number of halogens is 1. The Kier molecular flexibility index (Phi) is 4.70. The Morgan fingerprint density at radius 1 is 1.45 bits per heavy atom. The van der Waals surface area contributed by atoms with Gasteiger partial charge in [-0.05, 0) is 66.5 Å². The molecule has 3 N–H and O–H groups in total. The number of piperidine rings is 1. The number of benzene rings is 1. The molecule has 0 atom stereocenters. The smallest absolute Gasteiger partial charge is 0.252 e. The van der Waals surface area contributed by atoms with Crippen LogP contribution in [0.15, 0.2) is 22.7 Å². The van der Waals surface area contributed by atoms with Gasteiger partial charge in [-0.1, -0.05) is 13.0 Å². The highest BCUT2D eigenvalue weighted by Crippen LogP contribution is 2.30. The molecule has 4 nitrogen and oxygen atoms in total. The molecule has 0 unspecified atom stereocenters. The van der Waals surface area contributed by atoms with Crippen molar-refractivity contribution in [3.8, 4) is 0 Å². The Bertz CT molecular complexity index is 496. The molecule has 1 amide bonds. The zero-order chi connectivity index (χ0) is 14.8. The van der Waals surface area contributed by atoms with Gasteiger partial charge in [0.1, 0.15) is 0 Å². The lowest BCUT2D eigenvalue weighted by atomic mass is 9.80. The van der Waals surface area contributed by atoms with E-state index >= 15 is 0 Å². The van der Waals surface area contributed by atoms with Gasteiger partial charge in [-0.25, -0.2) is 0 Å². The first-order chi connectivity index (χ1) is 9.41. The van der Waals surface area contributed by atoms with Crippen LogP contribution >= 0.6 is 15.9 Å². The monoisotopic (exact) mass is 339 g/mol. The molecule has 1 aliphatic heterocycles. The average Bonchev–Trinajstić information content (AvgIpc) is 2.43. The number of nitrogens with two attached hydrogens (primary N) is 1. The maximum Gasteiger partial charge on any atom is 0.252 e. The lowest BCUT2D eigenvalue weighted by Gasteiger charge is -2.38. The van der Waals surface area contributed by atoms with Crippen LogP contribution in [-0.2, 0) is 0 Å². The number of hydrogen-bond acceptors (Lipinski definition) is 3. The number of hydrogen-bond donors (Lipinski definition) is 2. The second kappa shape index (κ2) is 6.14. The van der Waals surface area contributed by atoms with Crippen LogP contribution in [0.5, 0.6) is 0 Å². The molecule has 1 saturated heterocycles. The Morgan fingerprint density at radius 2 is 2.10 bits per heavy atom. The number of nitrogens with zero attached hydrogens (tertiary/aromatic N) is 1. The minimum atomic E-state index is -0.0654. The summed E-state index contributed by atoms with van der Waals surface area (Å²) in [6.45, 7) is 5.14. The standard InChI is InChI=1S/C15H22BrN3O/c1-15(6-8-19(2)9-7-15)10-18-14(20)11-4-3-5-12(17)13(11)16/h3-5H,6-10,17H2,1-2H3,(H,18,20). The molecular weight excluding hydrogens is 318 g/mol. The van der Waals surface area contributed by atoms with Crippen LogP contribution in [0.2, 0.25) is 0 Å². The maximum atomic E-state index is 12.3. The van der Waals surface area contributed by atoms with Gasteiger partial charge in [0.15, 0.2) is 0 Å². The van der Waals surface area contributed by atoms with Gasteiger partial charge in [-0.15, -0.1) is 0 Å². The second-order valence-corrected chi connectivity index (χ2v) is 6.80. The molecule has 0 aromatic heterocycles. The van der Waals surface area contributed by atoms with E-state index in [-0.39, 0.29) is 11.3 Å². The average molecular weight is 340 g/mol. The van der Waals surface area contributed by atoms with Crippen LogP contribution in [0.1, 0.15) is 30.1 Å². The molecule has 2 rings (SSSR count).